The van der Waals surface area contributed by atoms with Gasteiger partial charge in [0.1, 0.15) is 19.0 Å². The van der Waals surface area contributed by atoms with Crippen LogP contribution in [0.25, 0.3) is 11.0 Å². The second-order valence-corrected chi connectivity index (χ2v) is 6.52. The highest BCUT2D eigenvalue weighted by Gasteiger charge is 2.29. The van der Waals surface area contributed by atoms with Crippen molar-refractivity contribution in [1.82, 2.24) is 24.4 Å². The number of halogens is 1. The number of imidazole rings is 1. The number of carbonyl (C=O) groups is 1. The summed E-state index contributed by atoms with van der Waals surface area (Å²) in [5.41, 5.74) is 2.12. The number of likely N-dealkylation sites (tertiary alicyclic amines) is 1. The van der Waals surface area contributed by atoms with Crippen molar-refractivity contribution in [3.63, 3.8) is 0 Å². The molecular weight excluding hydrogens is 349 g/mol. The SMILES string of the molecule is CCc1ncnc(O[C@H]2CCN(C(=O)Cn3cnc4ccccc43)C2)c1F. The zero-order chi connectivity index (χ0) is 18.8. The lowest BCUT2D eigenvalue weighted by Gasteiger charge is -2.17. The Kier molecular flexibility index (Phi) is 4.70. The quantitative estimate of drug-likeness (QED) is 0.689. The number of fused-ring (bicyclic) bond motifs is 1. The number of aryl methyl sites for hydroxylation is 1. The van der Waals surface area contributed by atoms with Gasteiger partial charge >= 0.3 is 0 Å². The molecule has 0 unspecified atom stereocenters. The molecule has 27 heavy (non-hydrogen) atoms. The molecule has 0 spiro atoms. The molecule has 1 fully saturated rings. The summed E-state index contributed by atoms with van der Waals surface area (Å²) >= 11 is 0. The molecule has 1 atom stereocenters. The molecule has 0 N–H and O–H groups in total. The normalized spacial score (nSPS) is 16.8. The van der Waals surface area contributed by atoms with E-state index < -0.39 is 5.82 Å². The highest BCUT2D eigenvalue weighted by Crippen LogP contribution is 2.21. The number of hydrogen-bond donors (Lipinski definition) is 0. The molecule has 3 heterocycles. The van der Waals surface area contributed by atoms with Crippen molar-refractivity contribution >= 4 is 16.9 Å². The predicted molar refractivity (Wildman–Crippen MR) is 96.7 cm³/mol. The van der Waals surface area contributed by atoms with E-state index in [-0.39, 0.29) is 24.4 Å². The summed E-state index contributed by atoms with van der Waals surface area (Å²) < 4.78 is 21.8. The number of benzene rings is 1. The number of rotatable bonds is 5. The molecule has 1 aliphatic heterocycles. The van der Waals surface area contributed by atoms with Crippen LogP contribution in [-0.4, -0.2) is 49.5 Å². The maximum atomic E-state index is 14.2. The van der Waals surface area contributed by atoms with Crippen LogP contribution in [0.4, 0.5) is 4.39 Å². The number of ether oxygens (including phenoxy) is 1. The van der Waals surface area contributed by atoms with E-state index in [1.54, 1.807) is 11.2 Å². The second-order valence-electron chi connectivity index (χ2n) is 6.52. The molecule has 8 heteroatoms. The Morgan fingerprint density at radius 2 is 2.15 bits per heavy atom. The minimum atomic E-state index is -0.519. The Hall–Kier alpha value is -3.03. The van der Waals surface area contributed by atoms with Gasteiger partial charge in [-0.15, -0.1) is 0 Å². The van der Waals surface area contributed by atoms with Gasteiger partial charge in [0.25, 0.3) is 5.88 Å². The van der Waals surface area contributed by atoms with E-state index in [0.717, 1.165) is 11.0 Å². The summed E-state index contributed by atoms with van der Waals surface area (Å²) in [6.07, 6.45) is 3.82. The van der Waals surface area contributed by atoms with E-state index in [0.29, 0.717) is 31.6 Å². The molecule has 1 saturated heterocycles. The predicted octanol–water partition coefficient (Wildman–Crippen LogP) is 2.21. The Morgan fingerprint density at radius 1 is 1.30 bits per heavy atom. The fourth-order valence-corrected chi connectivity index (χ4v) is 3.31. The van der Waals surface area contributed by atoms with E-state index in [4.69, 9.17) is 4.74 Å². The van der Waals surface area contributed by atoms with Crippen LogP contribution in [0.5, 0.6) is 5.88 Å². The molecule has 7 nitrogen and oxygen atoms in total. The monoisotopic (exact) mass is 369 g/mol. The van der Waals surface area contributed by atoms with Crippen LogP contribution >= 0.6 is 0 Å². The van der Waals surface area contributed by atoms with E-state index >= 15 is 0 Å². The molecule has 0 radical (unpaired) electrons. The highest BCUT2D eigenvalue weighted by atomic mass is 19.1. The Labute approximate surface area is 155 Å². The first kappa shape index (κ1) is 17.4. The Morgan fingerprint density at radius 3 is 3.00 bits per heavy atom. The van der Waals surface area contributed by atoms with E-state index in [1.807, 2.05) is 35.8 Å². The van der Waals surface area contributed by atoms with Gasteiger partial charge in [0, 0.05) is 13.0 Å². The number of nitrogens with zero attached hydrogens (tertiary/aromatic N) is 5. The summed E-state index contributed by atoms with van der Waals surface area (Å²) in [5.74, 6) is -0.571. The van der Waals surface area contributed by atoms with Gasteiger partial charge in [0.05, 0.1) is 29.6 Å². The van der Waals surface area contributed by atoms with Gasteiger partial charge in [0.15, 0.2) is 0 Å². The molecule has 140 valence electrons. The van der Waals surface area contributed by atoms with Gasteiger partial charge < -0.3 is 14.2 Å². The molecule has 0 bridgehead atoms. The first-order valence-electron chi connectivity index (χ1n) is 8.99. The molecule has 0 aliphatic carbocycles. The minimum absolute atomic E-state index is 0.0124. The summed E-state index contributed by atoms with van der Waals surface area (Å²) in [6.45, 7) is 3.03. The van der Waals surface area contributed by atoms with Gasteiger partial charge in [0.2, 0.25) is 11.7 Å². The van der Waals surface area contributed by atoms with Crippen molar-refractivity contribution in [2.24, 2.45) is 0 Å². The standard InChI is InChI=1S/C19H20FN5O2/c1-2-14-18(20)19(22-11-21-14)27-13-7-8-24(9-13)17(26)10-25-12-23-15-5-3-4-6-16(15)25/h3-6,11-13H,2,7-10H2,1H3/t13-/m0/s1. The molecule has 1 aromatic carbocycles. The highest BCUT2D eigenvalue weighted by molar-refractivity contribution is 5.80. The van der Waals surface area contributed by atoms with Crippen molar-refractivity contribution in [2.45, 2.75) is 32.4 Å². The van der Waals surface area contributed by atoms with Crippen molar-refractivity contribution in [1.29, 1.82) is 0 Å². The van der Waals surface area contributed by atoms with Crippen LogP contribution in [-0.2, 0) is 17.8 Å². The molecule has 1 amide bonds. The maximum Gasteiger partial charge on any atom is 0.254 e. The summed E-state index contributed by atoms with van der Waals surface area (Å²) in [6, 6.07) is 7.69. The smallest absolute Gasteiger partial charge is 0.254 e. The van der Waals surface area contributed by atoms with Gasteiger partial charge in [-0.25, -0.2) is 9.97 Å². The molecule has 1 aliphatic rings. The van der Waals surface area contributed by atoms with Crippen LogP contribution < -0.4 is 4.74 Å². The first-order chi connectivity index (χ1) is 13.2. The lowest BCUT2D eigenvalue weighted by Crippen LogP contribution is -2.33. The van der Waals surface area contributed by atoms with E-state index in [2.05, 4.69) is 15.0 Å². The zero-order valence-electron chi connectivity index (χ0n) is 15.0. The maximum absolute atomic E-state index is 14.2. The van der Waals surface area contributed by atoms with E-state index in [1.165, 1.54) is 6.33 Å². The van der Waals surface area contributed by atoms with Crippen molar-refractivity contribution in [3.05, 3.63) is 48.4 Å². The fraction of sp³-hybridized carbons (Fsp3) is 0.368. The topological polar surface area (TPSA) is 73.1 Å². The Balaban J connectivity index is 1.40. The molecular formula is C19H20FN5O2. The molecule has 4 rings (SSSR count). The third-order valence-electron chi connectivity index (χ3n) is 4.77. The molecule has 2 aromatic heterocycles. The van der Waals surface area contributed by atoms with Crippen LogP contribution in [0.3, 0.4) is 0 Å². The average molecular weight is 369 g/mol. The fourth-order valence-electron chi connectivity index (χ4n) is 3.31. The minimum Gasteiger partial charge on any atom is -0.470 e. The zero-order valence-corrected chi connectivity index (χ0v) is 15.0. The third-order valence-corrected chi connectivity index (χ3v) is 4.77. The van der Waals surface area contributed by atoms with Gasteiger partial charge in [-0.1, -0.05) is 19.1 Å². The number of hydrogen-bond acceptors (Lipinski definition) is 5. The van der Waals surface area contributed by atoms with Gasteiger partial charge in [-0.3, -0.25) is 4.79 Å². The third kappa shape index (κ3) is 3.47. The summed E-state index contributed by atoms with van der Waals surface area (Å²) in [7, 11) is 0. The van der Waals surface area contributed by atoms with Crippen LogP contribution in [0.2, 0.25) is 0 Å². The number of amides is 1. The summed E-state index contributed by atoms with van der Waals surface area (Å²) in [5, 5.41) is 0. The van der Waals surface area contributed by atoms with Crippen LogP contribution in [0.1, 0.15) is 19.0 Å². The first-order valence-corrected chi connectivity index (χ1v) is 8.99. The van der Waals surface area contributed by atoms with Crippen LogP contribution in [0, 0.1) is 5.82 Å². The lowest BCUT2D eigenvalue weighted by atomic mass is 10.3. The van der Waals surface area contributed by atoms with Crippen LogP contribution in [0.15, 0.2) is 36.9 Å². The largest absolute Gasteiger partial charge is 0.470 e. The van der Waals surface area contributed by atoms with Gasteiger partial charge in [-0.2, -0.15) is 9.37 Å². The van der Waals surface area contributed by atoms with E-state index in [9.17, 15) is 9.18 Å². The van der Waals surface area contributed by atoms with Gasteiger partial charge in [-0.05, 0) is 18.6 Å². The number of carbonyl (C=O) groups excluding carboxylic acids is 1. The average Bonchev–Trinajstić information content (AvgIpc) is 3.31. The summed E-state index contributed by atoms with van der Waals surface area (Å²) in [4.78, 5) is 26.5. The number of para-hydroxylation sites is 2. The lowest BCUT2D eigenvalue weighted by molar-refractivity contribution is -0.131. The second kappa shape index (κ2) is 7.30. The number of aromatic nitrogens is 4. The van der Waals surface area contributed by atoms with Crippen molar-refractivity contribution in [3.8, 4) is 5.88 Å². The van der Waals surface area contributed by atoms with Crippen molar-refractivity contribution in [2.75, 3.05) is 13.1 Å². The molecule has 0 saturated carbocycles. The van der Waals surface area contributed by atoms with Crippen molar-refractivity contribution < 1.29 is 13.9 Å². The molecule has 3 aromatic rings. The Bertz CT molecular complexity index is 974.